The molecule has 27 heavy (non-hydrogen) atoms. The molecule has 3 aromatic rings. The van der Waals surface area contributed by atoms with Gasteiger partial charge in [-0.15, -0.1) is 0 Å². The Hall–Kier alpha value is -2.28. The Balaban J connectivity index is 1.48. The SMILES string of the molecule is O=C1/C(=C/c2ccc(Sc3ccccc3)o2)SC(=S)N1Cc1ccccc1. The Morgan fingerprint density at radius 2 is 1.70 bits per heavy atom. The Morgan fingerprint density at radius 1 is 1.00 bits per heavy atom. The lowest BCUT2D eigenvalue weighted by Crippen LogP contribution is -2.27. The molecule has 0 radical (unpaired) electrons. The van der Waals surface area contributed by atoms with Crippen LogP contribution in [0.1, 0.15) is 11.3 Å². The highest BCUT2D eigenvalue weighted by molar-refractivity contribution is 8.26. The van der Waals surface area contributed by atoms with Crippen LogP contribution in [0.4, 0.5) is 0 Å². The summed E-state index contributed by atoms with van der Waals surface area (Å²) in [6.45, 7) is 0.482. The van der Waals surface area contributed by atoms with Crippen molar-refractivity contribution in [3.8, 4) is 0 Å². The number of thioether (sulfide) groups is 1. The van der Waals surface area contributed by atoms with Crippen molar-refractivity contribution in [2.75, 3.05) is 0 Å². The number of carbonyl (C=O) groups excluding carboxylic acids is 1. The zero-order valence-electron chi connectivity index (χ0n) is 14.2. The maximum atomic E-state index is 12.7. The van der Waals surface area contributed by atoms with Crippen molar-refractivity contribution in [1.82, 2.24) is 4.90 Å². The number of carbonyl (C=O) groups is 1. The molecular weight excluding hydrogens is 394 g/mol. The van der Waals surface area contributed by atoms with Crippen molar-refractivity contribution >= 4 is 52.0 Å². The fourth-order valence-corrected chi connectivity index (χ4v) is 4.64. The van der Waals surface area contributed by atoms with E-state index in [4.69, 9.17) is 16.6 Å². The molecule has 1 aliphatic rings. The van der Waals surface area contributed by atoms with Crippen LogP contribution in [0.15, 0.2) is 92.1 Å². The quantitative estimate of drug-likeness (QED) is 0.391. The van der Waals surface area contributed by atoms with Gasteiger partial charge >= 0.3 is 0 Å². The van der Waals surface area contributed by atoms with Crippen LogP contribution in [0, 0.1) is 0 Å². The largest absolute Gasteiger partial charge is 0.450 e. The van der Waals surface area contributed by atoms with E-state index in [0.29, 0.717) is 21.5 Å². The predicted octanol–water partition coefficient (Wildman–Crippen LogP) is 5.83. The molecule has 1 aliphatic heterocycles. The number of hydrogen-bond acceptors (Lipinski definition) is 5. The highest BCUT2D eigenvalue weighted by atomic mass is 32.2. The molecular formula is C21H15NO2S3. The minimum Gasteiger partial charge on any atom is -0.450 e. The summed E-state index contributed by atoms with van der Waals surface area (Å²) < 4.78 is 6.42. The summed E-state index contributed by atoms with van der Waals surface area (Å²) >= 11 is 8.25. The first-order chi connectivity index (χ1) is 13.2. The molecule has 4 rings (SSSR count). The molecule has 0 N–H and O–H groups in total. The summed E-state index contributed by atoms with van der Waals surface area (Å²) in [5.41, 5.74) is 1.05. The number of amides is 1. The number of rotatable bonds is 5. The van der Waals surface area contributed by atoms with Gasteiger partial charge in [0.1, 0.15) is 10.1 Å². The van der Waals surface area contributed by atoms with Crippen LogP contribution in [-0.4, -0.2) is 15.1 Å². The van der Waals surface area contributed by atoms with Crippen LogP contribution >= 0.6 is 35.7 Å². The molecule has 1 amide bonds. The highest BCUT2D eigenvalue weighted by Crippen LogP contribution is 2.35. The first kappa shape index (κ1) is 18.1. The van der Waals surface area contributed by atoms with Crippen LogP contribution in [0.5, 0.6) is 0 Å². The van der Waals surface area contributed by atoms with Gasteiger partial charge in [0.05, 0.1) is 11.4 Å². The highest BCUT2D eigenvalue weighted by Gasteiger charge is 2.32. The van der Waals surface area contributed by atoms with Crippen molar-refractivity contribution < 1.29 is 9.21 Å². The fourth-order valence-electron chi connectivity index (χ4n) is 2.60. The van der Waals surface area contributed by atoms with Crippen molar-refractivity contribution in [1.29, 1.82) is 0 Å². The first-order valence-electron chi connectivity index (χ1n) is 8.31. The average Bonchev–Trinajstić information content (AvgIpc) is 3.23. The zero-order valence-corrected chi connectivity index (χ0v) is 16.7. The van der Waals surface area contributed by atoms with Gasteiger partial charge in [0.25, 0.3) is 5.91 Å². The van der Waals surface area contributed by atoms with E-state index in [2.05, 4.69) is 0 Å². The number of thiocarbonyl (C=S) groups is 1. The summed E-state index contributed by atoms with van der Waals surface area (Å²) in [5, 5.41) is 0.784. The second-order valence-electron chi connectivity index (χ2n) is 5.83. The van der Waals surface area contributed by atoms with E-state index in [1.807, 2.05) is 72.8 Å². The maximum Gasteiger partial charge on any atom is 0.266 e. The molecule has 2 aromatic carbocycles. The summed E-state index contributed by atoms with van der Waals surface area (Å²) in [6.07, 6.45) is 1.76. The molecule has 0 bridgehead atoms. The van der Waals surface area contributed by atoms with Crippen molar-refractivity contribution in [2.45, 2.75) is 16.5 Å². The lowest BCUT2D eigenvalue weighted by atomic mass is 10.2. The van der Waals surface area contributed by atoms with Gasteiger partial charge < -0.3 is 4.42 Å². The van der Waals surface area contributed by atoms with E-state index in [-0.39, 0.29) is 5.91 Å². The molecule has 1 aromatic heterocycles. The van der Waals surface area contributed by atoms with Gasteiger partial charge in [-0.3, -0.25) is 9.69 Å². The summed E-state index contributed by atoms with van der Waals surface area (Å²) in [6, 6.07) is 23.6. The summed E-state index contributed by atoms with van der Waals surface area (Å²) in [5.74, 6) is 0.566. The van der Waals surface area contributed by atoms with Crippen molar-refractivity contribution in [3.05, 3.63) is 89.0 Å². The topological polar surface area (TPSA) is 33.5 Å². The zero-order chi connectivity index (χ0) is 18.6. The summed E-state index contributed by atoms with van der Waals surface area (Å²) in [4.78, 5) is 16.0. The van der Waals surface area contributed by atoms with Gasteiger partial charge in [0.2, 0.25) is 0 Å². The van der Waals surface area contributed by atoms with Crippen LogP contribution in [0.25, 0.3) is 6.08 Å². The van der Waals surface area contributed by atoms with E-state index in [0.717, 1.165) is 15.6 Å². The molecule has 0 aliphatic carbocycles. The molecule has 0 atom stereocenters. The third-order valence-electron chi connectivity index (χ3n) is 3.89. The monoisotopic (exact) mass is 409 g/mol. The molecule has 0 saturated carbocycles. The molecule has 134 valence electrons. The maximum absolute atomic E-state index is 12.7. The molecule has 1 saturated heterocycles. The van der Waals surface area contributed by atoms with Crippen LogP contribution in [-0.2, 0) is 11.3 Å². The predicted molar refractivity (Wildman–Crippen MR) is 114 cm³/mol. The van der Waals surface area contributed by atoms with Gasteiger partial charge in [-0.05, 0) is 29.8 Å². The number of benzene rings is 2. The smallest absolute Gasteiger partial charge is 0.266 e. The van der Waals surface area contributed by atoms with E-state index >= 15 is 0 Å². The third kappa shape index (κ3) is 4.35. The Labute approximate surface area is 171 Å². The minimum atomic E-state index is -0.0810. The Morgan fingerprint density at radius 3 is 2.44 bits per heavy atom. The van der Waals surface area contributed by atoms with Crippen LogP contribution in [0.2, 0.25) is 0 Å². The molecule has 0 unspecified atom stereocenters. The van der Waals surface area contributed by atoms with Crippen molar-refractivity contribution in [2.24, 2.45) is 0 Å². The number of furan rings is 1. The van der Waals surface area contributed by atoms with Gasteiger partial charge in [-0.2, -0.15) is 0 Å². The van der Waals surface area contributed by atoms with Crippen LogP contribution in [0.3, 0.4) is 0 Å². The second kappa shape index (κ2) is 8.17. The fraction of sp³-hybridized carbons (Fsp3) is 0.0476. The normalized spacial score (nSPS) is 15.7. The molecule has 0 spiro atoms. The second-order valence-corrected chi connectivity index (χ2v) is 8.58. The molecule has 6 heteroatoms. The number of hydrogen-bond donors (Lipinski definition) is 0. The van der Waals surface area contributed by atoms with Crippen LogP contribution < -0.4 is 0 Å². The standard InChI is InChI=1S/C21H15NO2S3/c23-20-18(27-21(25)22(20)14-15-7-3-1-4-8-15)13-16-11-12-19(24-16)26-17-9-5-2-6-10-17/h1-13H,14H2/b18-13-. The lowest BCUT2D eigenvalue weighted by molar-refractivity contribution is -0.122. The average molecular weight is 410 g/mol. The van der Waals surface area contributed by atoms with Gasteiger partial charge in [-0.1, -0.05) is 84.3 Å². The first-order valence-corrected chi connectivity index (χ1v) is 10.4. The molecule has 1 fully saturated rings. The molecule has 3 nitrogen and oxygen atoms in total. The van der Waals surface area contributed by atoms with Gasteiger partial charge in [0.15, 0.2) is 5.09 Å². The number of nitrogens with zero attached hydrogens (tertiary/aromatic N) is 1. The van der Waals surface area contributed by atoms with Gasteiger partial charge in [0, 0.05) is 11.0 Å². The minimum absolute atomic E-state index is 0.0810. The molecule has 2 heterocycles. The lowest BCUT2D eigenvalue weighted by Gasteiger charge is -2.14. The van der Waals surface area contributed by atoms with E-state index in [9.17, 15) is 4.79 Å². The van der Waals surface area contributed by atoms with Crippen molar-refractivity contribution in [3.63, 3.8) is 0 Å². The van der Waals surface area contributed by atoms with E-state index < -0.39 is 0 Å². The Kier molecular flexibility index (Phi) is 5.48. The summed E-state index contributed by atoms with van der Waals surface area (Å²) in [7, 11) is 0. The third-order valence-corrected chi connectivity index (χ3v) is 6.20. The van der Waals surface area contributed by atoms with Gasteiger partial charge in [-0.25, -0.2) is 0 Å². The van der Waals surface area contributed by atoms with E-state index in [1.54, 1.807) is 22.7 Å². The van der Waals surface area contributed by atoms with E-state index in [1.165, 1.54) is 11.8 Å². The Bertz CT molecular complexity index is 997.